The van der Waals surface area contributed by atoms with Crippen LogP contribution in [0.2, 0.25) is 0 Å². The second-order valence-electron chi connectivity index (χ2n) is 5.87. The van der Waals surface area contributed by atoms with Crippen LogP contribution < -0.4 is 5.32 Å². The fourth-order valence-corrected chi connectivity index (χ4v) is 2.88. The van der Waals surface area contributed by atoms with Gasteiger partial charge in [0.2, 0.25) is 5.91 Å². The first-order chi connectivity index (χ1) is 10.6. The van der Waals surface area contributed by atoms with E-state index in [1.54, 1.807) is 12.1 Å². The van der Waals surface area contributed by atoms with Crippen molar-refractivity contribution in [1.82, 2.24) is 10.2 Å². The van der Waals surface area contributed by atoms with E-state index in [0.717, 1.165) is 12.1 Å². The molecule has 0 aromatic heterocycles. The summed E-state index contributed by atoms with van der Waals surface area (Å²) in [6.07, 6.45) is 5.38. The molecule has 120 valence electrons. The lowest BCUT2D eigenvalue weighted by atomic mass is 10.1. The van der Waals surface area contributed by atoms with Gasteiger partial charge in [-0.3, -0.25) is 14.9 Å². The van der Waals surface area contributed by atoms with E-state index >= 15 is 0 Å². The van der Waals surface area contributed by atoms with E-state index in [9.17, 15) is 14.9 Å². The maximum absolute atomic E-state index is 11.9. The van der Waals surface area contributed by atoms with Crippen LogP contribution in [0.4, 0.5) is 5.69 Å². The second-order valence-corrected chi connectivity index (χ2v) is 5.87. The van der Waals surface area contributed by atoms with E-state index in [0.29, 0.717) is 12.6 Å². The van der Waals surface area contributed by atoms with Gasteiger partial charge in [-0.15, -0.1) is 0 Å². The summed E-state index contributed by atoms with van der Waals surface area (Å²) in [6.45, 7) is 1.50. The maximum Gasteiger partial charge on any atom is 0.269 e. The number of amides is 1. The molecule has 1 fully saturated rings. The molecular weight excluding hydrogens is 282 g/mol. The van der Waals surface area contributed by atoms with Gasteiger partial charge in [0, 0.05) is 31.3 Å². The Morgan fingerprint density at radius 1 is 1.32 bits per heavy atom. The number of carbonyl (C=O) groups is 1. The van der Waals surface area contributed by atoms with Crippen LogP contribution in [0.5, 0.6) is 0 Å². The van der Waals surface area contributed by atoms with Gasteiger partial charge in [-0.1, -0.05) is 25.0 Å². The number of hydrogen-bond donors (Lipinski definition) is 1. The minimum atomic E-state index is -0.442. The van der Waals surface area contributed by atoms with E-state index in [4.69, 9.17) is 0 Å². The van der Waals surface area contributed by atoms with Crippen LogP contribution in [0.25, 0.3) is 0 Å². The minimum Gasteiger partial charge on any atom is -0.355 e. The number of hydrogen-bond acceptors (Lipinski definition) is 4. The third-order valence-electron chi connectivity index (χ3n) is 4.25. The molecular formula is C16H23N3O3. The summed E-state index contributed by atoms with van der Waals surface area (Å²) in [5, 5.41) is 13.5. The first-order valence-corrected chi connectivity index (χ1v) is 7.76. The number of nitrogens with one attached hydrogen (secondary N) is 1. The molecule has 1 aromatic rings. The van der Waals surface area contributed by atoms with Gasteiger partial charge in [0.1, 0.15) is 0 Å². The van der Waals surface area contributed by atoms with Crippen molar-refractivity contribution in [2.24, 2.45) is 0 Å². The molecule has 2 rings (SSSR count). The van der Waals surface area contributed by atoms with Crippen LogP contribution in [0.1, 0.15) is 31.2 Å². The van der Waals surface area contributed by atoms with Crippen molar-refractivity contribution in [2.45, 2.75) is 38.1 Å². The summed E-state index contributed by atoms with van der Waals surface area (Å²) in [7, 11) is 2.11. The van der Waals surface area contributed by atoms with Crippen LogP contribution in [-0.4, -0.2) is 41.9 Å². The number of nitro groups is 1. The SMILES string of the molecule is CN(CCNC(=O)Cc1ccc([N+](=O)[O-])cc1)C1CCCC1. The van der Waals surface area contributed by atoms with Gasteiger partial charge in [-0.25, -0.2) is 0 Å². The second kappa shape index (κ2) is 7.89. The van der Waals surface area contributed by atoms with E-state index in [1.165, 1.54) is 37.8 Å². The van der Waals surface area contributed by atoms with Crippen molar-refractivity contribution in [2.75, 3.05) is 20.1 Å². The van der Waals surface area contributed by atoms with Crippen LogP contribution in [0.15, 0.2) is 24.3 Å². The Labute approximate surface area is 130 Å². The summed E-state index contributed by atoms with van der Waals surface area (Å²) in [5.74, 6) is -0.0475. The molecule has 1 aliphatic rings. The molecule has 0 unspecified atom stereocenters. The quantitative estimate of drug-likeness (QED) is 0.618. The van der Waals surface area contributed by atoms with E-state index in [-0.39, 0.29) is 18.0 Å². The van der Waals surface area contributed by atoms with Crippen LogP contribution in [0.3, 0.4) is 0 Å². The van der Waals surface area contributed by atoms with Gasteiger partial charge < -0.3 is 10.2 Å². The first kappa shape index (κ1) is 16.4. The topological polar surface area (TPSA) is 75.5 Å². The normalized spacial score (nSPS) is 15.2. The Morgan fingerprint density at radius 3 is 2.55 bits per heavy atom. The molecule has 22 heavy (non-hydrogen) atoms. The van der Waals surface area contributed by atoms with Crippen molar-refractivity contribution >= 4 is 11.6 Å². The lowest BCUT2D eigenvalue weighted by Crippen LogP contribution is -2.37. The summed E-state index contributed by atoms with van der Waals surface area (Å²) in [4.78, 5) is 24.3. The van der Waals surface area contributed by atoms with Crippen molar-refractivity contribution in [3.63, 3.8) is 0 Å². The van der Waals surface area contributed by atoms with Gasteiger partial charge >= 0.3 is 0 Å². The Morgan fingerprint density at radius 2 is 1.95 bits per heavy atom. The van der Waals surface area contributed by atoms with Crippen LogP contribution in [-0.2, 0) is 11.2 Å². The monoisotopic (exact) mass is 305 g/mol. The fourth-order valence-electron chi connectivity index (χ4n) is 2.88. The first-order valence-electron chi connectivity index (χ1n) is 7.76. The van der Waals surface area contributed by atoms with Crippen LogP contribution >= 0.6 is 0 Å². The number of nitro benzene ring substituents is 1. The van der Waals surface area contributed by atoms with E-state index in [2.05, 4.69) is 17.3 Å². The molecule has 1 saturated carbocycles. The van der Waals surface area contributed by atoms with Crippen molar-refractivity contribution < 1.29 is 9.72 Å². The Bertz CT molecular complexity index is 510. The number of benzene rings is 1. The van der Waals surface area contributed by atoms with Gasteiger partial charge in [0.15, 0.2) is 0 Å². The molecule has 0 atom stereocenters. The minimum absolute atomic E-state index is 0.0438. The molecule has 1 N–H and O–H groups in total. The maximum atomic E-state index is 11.9. The van der Waals surface area contributed by atoms with Gasteiger partial charge in [0.25, 0.3) is 5.69 Å². The standard InChI is InChI=1S/C16H23N3O3/c1-18(14-4-2-3-5-14)11-10-17-16(20)12-13-6-8-15(9-7-13)19(21)22/h6-9,14H,2-5,10-12H2,1H3,(H,17,20). The van der Waals surface area contributed by atoms with E-state index < -0.39 is 4.92 Å². The third-order valence-corrected chi connectivity index (χ3v) is 4.25. The summed E-state index contributed by atoms with van der Waals surface area (Å²) in [6, 6.07) is 6.77. The highest BCUT2D eigenvalue weighted by molar-refractivity contribution is 5.78. The molecule has 0 saturated heterocycles. The summed E-state index contributed by atoms with van der Waals surface area (Å²) in [5.41, 5.74) is 0.828. The fraction of sp³-hybridized carbons (Fsp3) is 0.562. The van der Waals surface area contributed by atoms with Crippen molar-refractivity contribution in [3.8, 4) is 0 Å². The molecule has 6 nitrogen and oxygen atoms in total. The van der Waals surface area contributed by atoms with Crippen molar-refractivity contribution in [3.05, 3.63) is 39.9 Å². The number of non-ortho nitro benzene ring substituents is 1. The Hall–Kier alpha value is -1.95. The zero-order chi connectivity index (χ0) is 15.9. The number of likely N-dealkylation sites (N-methyl/N-ethyl adjacent to an activating group) is 1. The molecule has 0 spiro atoms. The summed E-state index contributed by atoms with van der Waals surface area (Å²) < 4.78 is 0. The molecule has 0 aliphatic heterocycles. The Balaban J connectivity index is 1.70. The smallest absolute Gasteiger partial charge is 0.269 e. The molecule has 0 radical (unpaired) electrons. The molecule has 1 amide bonds. The molecule has 1 aromatic carbocycles. The highest BCUT2D eigenvalue weighted by atomic mass is 16.6. The molecule has 1 aliphatic carbocycles. The number of carbonyl (C=O) groups excluding carboxylic acids is 1. The third kappa shape index (κ3) is 4.80. The van der Waals surface area contributed by atoms with Gasteiger partial charge in [-0.2, -0.15) is 0 Å². The van der Waals surface area contributed by atoms with Crippen molar-refractivity contribution in [1.29, 1.82) is 0 Å². The van der Waals surface area contributed by atoms with Gasteiger partial charge in [-0.05, 0) is 25.5 Å². The van der Waals surface area contributed by atoms with Gasteiger partial charge in [0.05, 0.1) is 11.3 Å². The van der Waals surface area contributed by atoms with Crippen LogP contribution in [0, 0.1) is 10.1 Å². The highest BCUT2D eigenvalue weighted by Crippen LogP contribution is 2.21. The molecule has 6 heteroatoms. The zero-order valence-electron chi connectivity index (χ0n) is 13.0. The van der Waals surface area contributed by atoms with E-state index in [1.807, 2.05) is 0 Å². The average Bonchev–Trinajstić information content (AvgIpc) is 3.02. The Kier molecular flexibility index (Phi) is 5.89. The molecule has 0 heterocycles. The number of rotatable bonds is 7. The predicted molar refractivity (Wildman–Crippen MR) is 84.7 cm³/mol. The largest absolute Gasteiger partial charge is 0.355 e. The molecule has 0 bridgehead atoms. The summed E-state index contributed by atoms with van der Waals surface area (Å²) >= 11 is 0. The predicted octanol–water partition coefficient (Wildman–Crippen LogP) is 2.13. The lowest BCUT2D eigenvalue weighted by molar-refractivity contribution is -0.384. The highest BCUT2D eigenvalue weighted by Gasteiger charge is 2.19. The average molecular weight is 305 g/mol. The number of nitrogens with zero attached hydrogens (tertiary/aromatic N) is 2. The lowest BCUT2D eigenvalue weighted by Gasteiger charge is -2.23. The zero-order valence-corrected chi connectivity index (χ0v) is 13.0.